The van der Waals surface area contributed by atoms with E-state index in [0.717, 1.165) is 17.7 Å². The third-order valence-electron chi connectivity index (χ3n) is 4.84. The Hall–Kier alpha value is -2.08. The molecule has 0 aromatic heterocycles. The Balaban J connectivity index is 1.95. The van der Waals surface area contributed by atoms with E-state index in [4.69, 9.17) is 9.47 Å². The maximum atomic E-state index is 12.8. The zero-order chi connectivity index (χ0) is 19.9. The van der Waals surface area contributed by atoms with Gasteiger partial charge < -0.3 is 19.7 Å². The van der Waals surface area contributed by atoms with Gasteiger partial charge in [-0.05, 0) is 58.2 Å². The van der Waals surface area contributed by atoms with Crippen molar-refractivity contribution in [3.05, 3.63) is 29.8 Å². The van der Waals surface area contributed by atoms with Crippen molar-refractivity contribution >= 4 is 11.8 Å². The van der Waals surface area contributed by atoms with Crippen LogP contribution in [0.15, 0.2) is 24.3 Å². The standard InChI is InChI=1S/C21H32N2O4/c1-5-26-18-9-7-17(8-10-18)15-23-19(24)11-12-21(23,4)20(25)22-13-6-14-27-16(2)3/h7-10,16H,5-6,11-15H2,1-4H3,(H,22,25)/t21-/m0/s1. The lowest BCUT2D eigenvalue weighted by Gasteiger charge is -2.34. The molecule has 1 atom stereocenters. The molecule has 0 unspecified atom stereocenters. The van der Waals surface area contributed by atoms with Crippen LogP contribution in [-0.2, 0) is 20.9 Å². The molecule has 27 heavy (non-hydrogen) atoms. The molecular weight excluding hydrogens is 344 g/mol. The Kier molecular flexibility index (Phi) is 7.66. The van der Waals surface area contributed by atoms with Crippen LogP contribution < -0.4 is 10.1 Å². The van der Waals surface area contributed by atoms with Gasteiger partial charge in [0.2, 0.25) is 11.8 Å². The maximum absolute atomic E-state index is 12.8. The van der Waals surface area contributed by atoms with Gasteiger partial charge in [-0.3, -0.25) is 9.59 Å². The molecule has 1 aliphatic rings. The van der Waals surface area contributed by atoms with E-state index in [1.54, 1.807) is 4.90 Å². The molecule has 1 saturated heterocycles. The number of rotatable bonds is 10. The molecule has 1 heterocycles. The van der Waals surface area contributed by atoms with E-state index in [0.29, 0.717) is 39.1 Å². The zero-order valence-corrected chi connectivity index (χ0v) is 16.9. The summed E-state index contributed by atoms with van der Waals surface area (Å²) in [7, 11) is 0. The topological polar surface area (TPSA) is 67.9 Å². The molecule has 6 nitrogen and oxygen atoms in total. The predicted molar refractivity (Wildman–Crippen MR) is 105 cm³/mol. The quantitative estimate of drug-likeness (QED) is 0.638. The molecule has 1 aliphatic heterocycles. The average Bonchev–Trinajstić information content (AvgIpc) is 2.92. The second kappa shape index (κ2) is 9.74. The molecule has 150 valence electrons. The molecule has 1 aromatic carbocycles. The van der Waals surface area contributed by atoms with Gasteiger partial charge in [-0.2, -0.15) is 0 Å². The first kappa shape index (κ1) is 21.2. The van der Waals surface area contributed by atoms with Crippen molar-refractivity contribution in [1.82, 2.24) is 10.2 Å². The number of nitrogens with one attached hydrogen (secondary N) is 1. The number of hydrogen-bond donors (Lipinski definition) is 1. The predicted octanol–water partition coefficient (Wildman–Crippen LogP) is 2.90. The first-order valence-electron chi connectivity index (χ1n) is 9.79. The fourth-order valence-corrected chi connectivity index (χ4v) is 3.22. The first-order chi connectivity index (χ1) is 12.9. The molecule has 0 spiro atoms. The highest BCUT2D eigenvalue weighted by molar-refractivity contribution is 5.94. The number of nitrogens with zero attached hydrogens (tertiary/aromatic N) is 1. The van der Waals surface area contributed by atoms with Crippen LogP contribution in [-0.4, -0.2) is 48.1 Å². The number of ether oxygens (including phenoxy) is 2. The SMILES string of the molecule is CCOc1ccc(CN2C(=O)CC[C@@]2(C)C(=O)NCCCOC(C)C)cc1. The maximum Gasteiger partial charge on any atom is 0.245 e. The average molecular weight is 376 g/mol. The molecule has 2 rings (SSSR count). The molecule has 0 saturated carbocycles. The third kappa shape index (κ3) is 5.70. The normalized spacial score (nSPS) is 19.6. The first-order valence-corrected chi connectivity index (χ1v) is 9.79. The van der Waals surface area contributed by atoms with Crippen molar-refractivity contribution in [3.8, 4) is 5.75 Å². The lowest BCUT2D eigenvalue weighted by atomic mass is 9.97. The summed E-state index contributed by atoms with van der Waals surface area (Å²) in [6.07, 6.45) is 1.89. The highest BCUT2D eigenvalue weighted by atomic mass is 16.5. The lowest BCUT2D eigenvalue weighted by Crippen LogP contribution is -2.54. The zero-order valence-electron chi connectivity index (χ0n) is 16.9. The van der Waals surface area contributed by atoms with Gasteiger partial charge in [0, 0.05) is 26.1 Å². The molecule has 1 aromatic rings. The van der Waals surface area contributed by atoms with Gasteiger partial charge in [0.1, 0.15) is 11.3 Å². The summed E-state index contributed by atoms with van der Waals surface area (Å²) in [5, 5.41) is 2.97. The highest BCUT2D eigenvalue weighted by Gasteiger charge is 2.46. The van der Waals surface area contributed by atoms with E-state index in [9.17, 15) is 9.59 Å². The van der Waals surface area contributed by atoms with Crippen LogP contribution in [0.4, 0.5) is 0 Å². The number of carbonyl (C=O) groups excluding carboxylic acids is 2. The van der Waals surface area contributed by atoms with Crippen molar-refractivity contribution in [1.29, 1.82) is 0 Å². The fourth-order valence-electron chi connectivity index (χ4n) is 3.22. The summed E-state index contributed by atoms with van der Waals surface area (Å²) in [6, 6.07) is 7.67. The van der Waals surface area contributed by atoms with Crippen molar-refractivity contribution < 1.29 is 19.1 Å². The molecule has 0 radical (unpaired) electrons. The molecular formula is C21H32N2O4. The van der Waals surface area contributed by atoms with Crippen LogP contribution in [0.3, 0.4) is 0 Å². The number of benzene rings is 1. The molecule has 0 bridgehead atoms. The Morgan fingerprint density at radius 3 is 2.63 bits per heavy atom. The van der Waals surface area contributed by atoms with Crippen LogP contribution in [0, 0.1) is 0 Å². The van der Waals surface area contributed by atoms with Gasteiger partial charge in [0.25, 0.3) is 0 Å². The van der Waals surface area contributed by atoms with Crippen molar-refractivity contribution in [2.45, 2.75) is 65.1 Å². The van der Waals surface area contributed by atoms with Gasteiger partial charge in [0.15, 0.2) is 0 Å². The number of amides is 2. The molecule has 1 N–H and O–H groups in total. The minimum Gasteiger partial charge on any atom is -0.494 e. The second-order valence-electron chi connectivity index (χ2n) is 7.36. The Labute approximate surface area is 162 Å². The highest BCUT2D eigenvalue weighted by Crippen LogP contribution is 2.32. The van der Waals surface area contributed by atoms with Crippen LogP contribution in [0.5, 0.6) is 5.75 Å². The van der Waals surface area contributed by atoms with Crippen molar-refractivity contribution in [3.63, 3.8) is 0 Å². The van der Waals surface area contributed by atoms with Gasteiger partial charge in [-0.15, -0.1) is 0 Å². The summed E-state index contributed by atoms with van der Waals surface area (Å²) in [6.45, 7) is 9.97. The van der Waals surface area contributed by atoms with Crippen molar-refractivity contribution in [2.24, 2.45) is 0 Å². The van der Waals surface area contributed by atoms with E-state index < -0.39 is 5.54 Å². The van der Waals surface area contributed by atoms with Crippen molar-refractivity contribution in [2.75, 3.05) is 19.8 Å². The van der Waals surface area contributed by atoms with Crippen LogP contribution in [0.25, 0.3) is 0 Å². The number of hydrogen-bond acceptors (Lipinski definition) is 4. The molecule has 6 heteroatoms. The van der Waals surface area contributed by atoms with Gasteiger partial charge in [-0.25, -0.2) is 0 Å². The number of carbonyl (C=O) groups is 2. The van der Waals surface area contributed by atoms with Crippen LogP contribution >= 0.6 is 0 Å². The number of likely N-dealkylation sites (tertiary alicyclic amines) is 1. The van der Waals surface area contributed by atoms with E-state index in [1.165, 1.54) is 0 Å². The summed E-state index contributed by atoms with van der Waals surface area (Å²) in [4.78, 5) is 26.9. The van der Waals surface area contributed by atoms with E-state index >= 15 is 0 Å². The Morgan fingerprint density at radius 1 is 1.30 bits per heavy atom. The minimum atomic E-state index is -0.811. The van der Waals surface area contributed by atoms with Crippen LogP contribution in [0.1, 0.15) is 52.5 Å². The third-order valence-corrected chi connectivity index (χ3v) is 4.84. The fraction of sp³-hybridized carbons (Fsp3) is 0.619. The minimum absolute atomic E-state index is 0.0182. The van der Waals surface area contributed by atoms with E-state index in [1.807, 2.05) is 52.0 Å². The molecule has 1 fully saturated rings. The Bertz CT molecular complexity index is 630. The van der Waals surface area contributed by atoms with Crippen LogP contribution in [0.2, 0.25) is 0 Å². The van der Waals surface area contributed by atoms with E-state index in [-0.39, 0.29) is 17.9 Å². The summed E-state index contributed by atoms with van der Waals surface area (Å²) in [5.74, 6) is 0.728. The van der Waals surface area contributed by atoms with E-state index in [2.05, 4.69) is 5.32 Å². The van der Waals surface area contributed by atoms with Gasteiger partial charge in [0.05, 0.1) is 12.7 Å². The Morgan fingerprint density at radius 2 is 2.00 bits per heavy atom. The van der Waals surface area contributed by atoms with Gasteiger partial charge >= 0.3 is 0 Å². The van der Waals surface area contributed by atoms with Gasteiger partial charge in [-0.1, -0.05) is 12.1 Å². The molecule has 2 amide bonds. The second-order valence-corrected chi connectivity index (χ2v) is 7.36. The molecule has 0 aliphatic carbocycles. The lowest BCUT2D eigenvalue weighted by molar-refractivity contribution is -0.141. The summed E-state index contributed by atoms with van der Waals surface area (Å²) >= 11 is 0. The largest absolute Gasteiger partial charge is 0.494 e. The summed E-state index contributed by atoms with van der Waals surface area (Å²) < 4.78 is 10.9. The smallest absolute Gasteiger partial charge is 0.245 e. The monoisotopic (exact) mass is 376 g/mol. The summed E-state index contributed by atoms with van der Waals surface area (Å²) in [5.41, 5.74) is 0.173.